The number of nitro benzene ring substituents is 1. The molecule has 0 amide bonds. The van der Waals surface area contributed by atoms with E-state index in [9.17, 15) is 19.7 Å². The van der Waals surface area contributed by atoms with E-state index >= 15 is 0 Å². The van der Waals surface area contributed by atoms with E-state index in [1.807, 2.05) is 0 Å². The topological polar surface area (TPSA) is 122 Å². The van der Waals surface area contributed by atoms with E-state index in [0.29, 0.717) is 16.9 Å². The van der Waals surface area contributed by atoms with Gasteiger partial charge in [0, 0.05) is 23.8 Å². The highest BCUT2D eigenvalue weighted by Gasteiger charge is 2.18. The summed E-state index contributed by atoms with van der Waals surface area (Å²) in [5.74, 6) is -1.17. The van der Waals surface area contributed by atoms with Gasteiger partial charge >= 0.3 is 11.9 Å². The molecule has 0 aromatic heterocycles. The predicted octanol–water partition coefficient (Wildman–Crippen LogP) is 2.26. The number of para-hydroxylation sites is 1. The van der Waals surface area contributed by atoms with Gasteiger partial charge in [0.05, 0.1) is 12.0 Å². The van der Waals surface area contributed by atoms with Crippen LogP contribution < -0.4 is 10.5 Å². The number of carbonyl (C=O) groups is 2. The molecule has 2 rings (SSSR count). The van der Waals surface area contributed by atoms with Crippen LogP contribution in [0.5, 0.6) is 5.75 Å². The fourth-order valence-corrected chi connectivity index (χ4v) is 2.26. The normalized spacial score (nSPS) is 11.8. The molecule has 0 aliphatic rings. The molecule has 0 aliphatic carbocycles. The van der Waals surface area contributed by atoms with E-state index in [-0.39, 0.29) is 12.1 Å². The molecule has 1 atom stereocenters. The second-order valence-corrected chi connectivity index (χ2v) is 5.55. The summed E-state index contributed by atoms with van der Waals surface area (Å²) in [7, 11) is 1.51. The zero-order valence-corrected chi connectivity index (χ0v) is 14.5. The Morgan fingerprint density at radius 1 is 1.19 bits per heavy atom. The van der Waals surface area contributed by atoms with Crippen LogP contribution in [0.4, 0.5) is 5.69 Å². The molecule has 2 N–H and O–H groups in total. The number of methoxy groups -OCH3 is 1. The van der Waals surface area contributed by atoms with Crippen molar-refractivity contribution < 1.29 is 24.0 Å². The first-order chi connectivity index (χ1) is 12.9. The van der Waals surface area contributed by atoms with E-state index in [1.165, 1.54) is 37.5 Å². The molecule has 0 aliphatic heterocycles. The number of nitro groups is 1. The van der Waals surface area contributed by atoms with Gasteiger partial charge in [0.25, 0.3) is 5.69 Å². The number of carbonyl (C=O) groups excluding carboxylic acids is 2. The third-order valence-electron chi connectivity index (χ3n) is 3.64. The average Bonchev–Trinajstić information content (AvgIpc) is 2.66. The lowest BCUT2D eigenvalue weighted by Gasteiger charge is -2.09. The van der Waals surface area contributed by atoms with Crippen LogP contribution in [0.1, 0.15) is 11.1 Å². The molecule has 8 heteroatoms. The Bertz CT molecular complexity index is 861. The van der Waals surface area contributed by atoms with Crippen molar-refractivity contribution in [2.45, 2.75) is 12.5 Å². The number of rotatable bonds is 7. The van der Waals surface area contributed by atoms with Crippen LogP contribution in [-0.2, 0) is 20.7 Å². The number of hydrogen-bond acceptors (Lipinski definition) is 7. The van der Waals surface area contributed by atoms with Crippen LogP contribution in [0.25, 0.3) is 6.08 Å². The van der Waals surface area contributed by atoms with Crippen molar-refractivity contribution in [3.8, 4) is 5.75 Å². The minimum Gasteiger partial charge on any atom is -0.496 e. The third kappa shape index (κ3) is 5.75. The SMILES string of the molecule is COc1ccccc1C=CC(=O)OC(=O)C(N)Cc1ccc([N+](=O)[O-])cc1. The highest BCUT2D eigenvalue weighted by molar-refractivity contribution is 5.96. The minimum atomic E-state index is -1.07. The smallest absolute Gasteiger partial charge is 0.338 e. The summed E-state index contributed by atoms with van der Waals surface area (Å²) < 4.78 is 9.86. The molecule has 8 nitrogen and oxygen atoms in total. The lowest BCUT2D eigenvalue weighted by molar-refractivity contribution is -0.384. The first kappa shape index (κ1) is 19.8. The molecule has 0 radical (unpaired) electrons. The number of non-ortho nitro benzene ring substituents is 1. The highest BCUT2D eigenvalue weighted by atomic mass is 16.6. The van der Waals surface area contributed by atoms with Gasteiger partial charge in [0.1, 0.15) is 11.8 Å². The van der Waals surface area contributed by atoms with Gasteiger partial charge in [-0.3, -0.25) is 10.1 Å². The summed E-state index contributed by atoms with van der Waals surface area (Å²) in [6.07, 6.45) is 2.66. The van der Waals surface area contributed by atoms with Crippen LogP contribution in [-0.4, -0.2) is 30.0 Å². The van der Waals surface area contributed by atoms with Crippen molar-refractivity contribution in [3.63, 3.8) is 0 Å². The van der Waals surface area contributed by atoms with E-state index < -0.39 is 22.9 Å². The van der Waals surface area contributed by atoms with Gasteiger partial charge in [0.15, 0.2) is 0 Å². The third-order valence-corrected chi connectivity index (χ3v) is 3.64. The Kier molecular flexibility index (Phi) is 6.79. The lowest BCUT2D eigenvalue weighted by atomic mass is 10.1. The van der Waals surface area contributed by atoms with Crippen LogP contribution in [0, 0.1) is 10.1 Å². The fraction of sp³-hybridized carbons (Fsp3) is 0.158. The van der Waals surface area contributed by atoms with Crippen molar-refractivity contribution in [1.82, 2.24) is 0 Å². The van der Waals surface area contributed by atoms with Crippen molar-refractivity contribution >= 4 is 23.7 Å². The van der Waals surface area contributed by atoms with E-state index in [2.05, 4.69) is 0 Å². The molecule has 2 aromatic rings. The second-order valence-electron chi connectivity index (χ2n) is 5.55. The molecular formula is C19H18N2O6. The van der Waals surface area contributed by atoms with Crippen molar-refractivity contribution in [1.29, 1.82) is 0 Å². The second kappa shape index (κ2) is 9.25. The van der Waals surface area contributed by atoms with Crippen LogP contribution in [0.2, 0.25) is 0 Å². The Morgan fingerprint density at radius 3 is 2.48 bits per heavy atom. The number of benzene rings is 2. The van der Waals surface area contributed by atoms with Gasteiger partial charge in [0.2, 0.25) is 0 Å². The molecule has 0 spiro atoms. The van der Waals surface area contributed by atoms with Crippen LogP contribution in [0.15, 0.2) is 54.6 Å². The summed E-state index contributed by atoms with van der Waals surface area (Å²) >= 11 is 0. The maximum atomic E-state index is 11.9. The quantitative estimate of drug-likeness (QED) is 0.261. The molecule has 0 saturated carbocycles. The Labute approximate surface area is 155 Å². The molecular weight excluding hydrogens is 352 g/mol. The Morgan fingerprint density at radius 2 is 1.85 bits per heavy atom. The molecule has 0 saturated heterocycles. The van der Waals surface area contributed by atoms with Gasteiger partial charge < -0.3 is 15.2 Å². The van der Waals surface area contributed by atoms with E-state index in [4.69, 9.17) is 15.2 Å². The maximum absolute atomic E-state index is 11.9. The van der Waals surface area contributed by atoms with Crippen LogP contribution in [0.3, 0.4) is 0 Å². The molecule has 1 unspecified atom stereocenters. The summed E-state index contributed by atoms with van der Waals surface area (Å²) in [6, 6.07) is 11.6. The zero-order valence-electron chi connectivity index (χ0n) is 14.5. The fourth-order valence-electron chi connectivity index (χ4n) is 2.26. The molecule has 0 bridgehead atoms. The molecule has 27 heavy (non-hydrogen) atoms. The average molecular weight is 370 g/mol. The van der Waals surface area contributed by atoms with Crippen molar-refractivity contribution in [2.75, 3.05) is 7.11 Å². The van der Waals surface area contributed by atoms with Gasteiger partial charge in [-0.1, -0.05) is 30.3 Å². The lowest BCUT2D eigenvalue weighted by Crippen LogP contribution is -2.35. The van der Waals surface area contributed by atoms with E-state index in [1.54, 1.807) is 24.3 Å². The summed E-state index contributed by atoms with van der Waals surface area (Å²) in [6.45, 7) is 0. The monoisotopic (exact) mass is 370 g/mol. The van der Waals surface area contributed by atoms with E-state index in [0.717, 1.165) is 6.08 Å². The van der Waals surface area contributed by atoms with Gasteiger partial charge in [-0.25, -0.2) is 9.59 Å². The number of nitrogens with zero attached hydrogens (tertiary/aromatic N) is 1. The minimum absolute atomic E-state index is 0.0634. The molecule has 0 heterocycles. The van der Waals surface area contributed by atoms with Gasteiger partial charge in [-0.2, -0.15) is 0 Å². The Hall–Kier alpha value is -3.52. The largest absolute Gasteiger partial charge is 0.496 e. The number of ether oxygens (including phenoxy) is 2. The van der Waals surface area contributed by atoms with Crippen molar-refractivity contribution in [3.05, 3.63) is 75.8 Å². The van der Waals surface area contributed by atoms with Gasteiger partial charge in [-0.05, 0) is 24.1 Å². The first-order valence-corrected chi connectivity index (χ1v) is 7.96. The Balaban J connectivity index is 1.92. The highest BCUT2D eigenvalue weighted by Crippen LogP contribution is 2.18. The molecule has 140 valence electrons. The summed E-state index contributed by atoms with van der Waals surface area (Å²) in [5, 5.41) is 10.6. The predicted molar refractivity (Wildman–Crippen MR) is 97.9 cm³/mol. The number of hydrogen-bond donors (Lipinski definition) is 1. The maximum Gasteiger partial charge on any atom is 0.338 e. The summed E-state index contributed by atoms with van der Waals surface area (Å²) in [5.41, 5.74) is 6.95. The van der Waals surface area contributed by atoms with Crippen LogP contribution >= 0.6 is 0 Å². The molecule has 2 aromatic carbocycles. The summed E-state index contributed by atoms with van der Waals surface area (Å²) in [4.78, 5) is 33.8. The first-order valence-electron chi connectivity index (χ1n) is 7.96. The number of esters is 2. The zero-order chi connectivity index (χ0) is 19.8. The molecule has 0 fully saturated rings. The number of nitrogens with two attached hydrogens (primary N) is 1. The standard InChI is InChI=1S/C19H18N2O6/c1-26-17-5-3-2-4-14(17)8-11-18(22)27-19(23)16(20)12-13-6-9-15(10-7-13)21(24)25/h2-11,16H,12,20H2,1H3. The van der Waals surface area contributed by atoms with Gasteiger partial charge in [-0.15, -0.1) is 0 Å². The van der Waals surface area contributed by atoms with Crippen molar-refractivity contribution in [2.24, 2.45) is 5.73 Å².